The number of rotatable bonds is 4. The number of hydrogen-bond donors (Lipinski definition) is 0. The third-order valence-electron chi connectivity index (χ3n) is 3.16. The number of aryl methyl sites for hydroxylation is 2. The van der Waals surface area contributed by atoms with Crippen LogP contribution in [0, 0.1) is 6.92 Å². The molecule has 0 aliphatic carbocycles. The van der Waals surface area contributed by atoms with E-state index in [4.69, 9.17) is 11.6 Å². The van der Waals surface area contributed by atoms with Crippen LogP contribution in [0.1, 0.15) is 24.4 Å². The van der Waals surface area contributed by atoms with Crippen LogP contribution in [0.2, 0.25) is 5.02 Å². The first-order valence-corrected chi connectivity index (χ1v) is 6.71. The molecular weight excluding hydrogens is 278 g/mol. The lowest BCUT2D eigenvalue weighted by Crippen LogP contribution is -2.33. The zero-order chi connectivity index (χ0) is 14.9. The molecule has 7 heteroatoms. The molecule has 2 aromatic rings. The fraction of sp³-hybridized carbons (Fsp3) is 0.462. The Morgan fingerprint density at radius 2 is 2.20 bits per heavy atom. The first-order valence-electron chi connectivity index (χ1n) is 6.33. The van der Waals surface area contributed by atoms with Gasteiger partial charge in [0.1, 0.15) is 6.04 Å². The van der Waals surface area contributed by atoms with Crippen LogP contribution in [0.3, 0.4) is 0 Å². The van der Waals surface area contributed by atoms with Crippen molar-refractivity contribution in [3.8, 4) is 0 Å². The van der Waals surface area contributed by atoms with Crippen molar-refractivity contribution in [2.45, 2.75) is 26.4 Å². The Kier molecular flexibility index (Phi) is 4.13. The van der Waals surface area contributed by atoms with Gasteiger partial charge in [-0.2, -0.15) is 10.2 Å². The van der Waals surface area contributed by atoms with Gasteiger partial charge in [-0.15, -0.1) is 0 Å². The van der Waals surface area contributed by atoms with E-state index in [0.717, 1.165) is 11.4 Å². The number of hydrogen-bond acceptors (Lipinski definition) is 3. The molecule has 2 heterocycles. The summed E-state index contributed by atoms with van der Waals surface area (Å²) < 4.78 is 3.31. The maximum Gasteiger partial charge on any atom is 0.247 e. The molecule has 0 spiro atoms. The third kappa shape index (κ3) is 3.01. The summed E-state index contributed by atoms with van der Waals surface area (Å²) in [6, 6.07) is 1.50. The highest BCUT2D eigenvalue weighted by Gasteiger charge is 2.21. The molecular formula is C13H18ClN5O. The Hall–Kier alpha value is -1.82. The highest BCUT2D eigenvalue weighted by Crippen LogP contribution is 2.17. The molecule has 0 aromatic carbocycles. The summed E-state index contributed by atoms with van der Waals surface area (Å²) >= 11 is 5.97. The van der Waals surface area contributed by atoms with Crippen LogP contribution in [-0.2, 0) is 18.4 Å². The van der Waals surface area contributed by atoms with Gasteiger partial charge in [0.05, 0.1) is 23.0 Å². The van der Waals surface area contributed by atoms with Crippen molar-refractivity contribution >= 4 is 17.5 Å². The molecule has 20 heavy (non-hydrogen) atoms. The number of halogens is 1. The maximum atomic E-state index is 12.4. The van der Waals surface area contributed by atoms with E-state index in [0.29, 0.717) is 11.6 Å². The first-order chi connectivity index (χ1) is 9.38. The minimum Gasteiger partial charge on any atom is -0.338 e. The molecule has 2 aromatic heterocycles. The predicted molar refractivity (Wildman–Crippen MR) is 76.4 cm³/mol. The normalized spacial score (nSPS) is 12.4. The van der Waals surface area contributed by atoms with Crippen LogP contribution >= 0.6 is 11.6 Å². The fourth-order valence-electron chi connectivity index (χ4n) is 1.96. The molecule has 0 N–H and O–H groups in total. The molecule has 1 atom stereocenters. The average molecular weight is 296 g/mol. The summed E-state index contributed by atoms with van der Waals surface area (Å²) in [7, 11) is 3.61. The van der Waals surface area contributed by atoms with E-state index in [-0.39, 0.29) is 5.91 Å². The molecule has 0 saturated carbocycles. The first kappa shape index (κ1) is 14.6. The molecule has 0 radical (unpaired) electrons. The summed E-state index contributed by atoms with van der Waals surface area (Å²) in [6.07, 6.45) is 3.53. The highest BCUT2D eigenvalue weighted by molar-refractivity contribution is 6.31. The average Bonchev–Trinajstić information content (AvgIpc) is 2.94. The Balaban J connectivity index is 2.06. The zero-order valence-electron chi connectivity index (χ0n) is 12.0. The van der Waals surface area contributed by atoms with Crippen molar-refractivity contribution in [2.75, 3.05) is 7.05 Å². The van der Waals surface area contributed by atoms with E-state index in [9.17, 15) is 4.79 Å². The molecule has 0 saturated heterocycles. The highest BCUT2D eigenvalue weighted by atomic mass is 35.5. The number of carbonyl (C=O) groups is 1. The molecule has 0 aliphatic heterocycles. The third-order valence-corrected chi connectivity index (χ3v) is 3.53. The standard InChI is InChI=1S/C13H18ClN5O/c1-9-12(14)8-19(15-9)10(2)13(20)17(3)7-11-5-6-18(4)16-11/h5-6,8,10H,7H2,1-4H3. The van der Waals surface area contributed by atoms with E-state index in [1.807, 2.05) is 26.2 Å². The van der Waals surface area contributed by atoms with Crippen molar-refractivity contribution in [1.82, 2.24) is 24.5 Å². The summed E-state index contributed by atoms with van der Waals surface area (Å²) in [4.78, 5) is 14.0. The molecule has 0 bridgehead atoms. The smallest absolute Gasteiger partial charge is 0.247 e. The minimum absolute atomic E-state index is 0.0326. The van der Waals surface area contributed by atoms with Gasteiger partial charge < -0.3 is 4.90 Å². The van der Waals surface area contributed by atoms with Crippen molar-refractivity contribution in [3.63, 3.8) is 0 Å². The second-order valence-corrected chi connectivity index (χ2v) is 5.30. The quantitative estimate of drug-likeness (QED) is 0.864. The van der Waals surface area contributed by atoms with Crippen LogP contribution < -0.4 is 0 Å². The van der Waals surface area contributed by atoms with Gasteiger partial charge in [-0.25, -0.2) is 0 Å². The predicted octanol–water partition coefficient (Wildman–Crippen LogP) is 1.80. The Morgan fingerprint density at radius 1 is 1.50 bits per heavy atom. The molecule has 1 unspecified atom stereocenters. The Labute approximate surface area is 122 Å². The van der Waals surface area contributed by atoms with Gasteiger partial charge in [-0.3, -0.25) is 14.2 Å². The van der Waals surface area contributed by atoms with Crippen LogP contribution in [-0.4, -0.2) is 37.4 Å². The molecule has 2 rings (SSSR count). The molecule has 6 nitrogen and oxygen atoms in total. The summed E-state index contributed by atoms with van der Waals surface area (Å²) in [5.74, 6) is -0.0326. The van der Waals surface area contributed by atoms with Crippen molar-refractivity contribution in [2.24, 2.45) is 7.05 Å². The Bertz CT molecular complexity index is 599. The van der Waals surface area contributed by atoms with Gasteiger partial charge in [0.2, 0.25) is 5.91 Å². The van der Waals surface area contributed by atoms with Gasteiger partial charge in [0.15, 0.2) is 0 Å². The molecule has 1 amide bonds. The number of nitrogens with zero attached hydrogens (tertiary/aromatic N) is 5. The number of likely N-dealkylation sites (N-methyl/N-ethyl adjacent to an activating group) is 1. The number of carbonyl (C=O) groups excluding carboxylic acids is 1. The topological polar surface area (TPSA) is 56.0 Å². The minimum atomic E-state index is -0.394. The largest absolute Gasteiger partial charge is 0.338 e. The SMILES string of the molecule is Cc1nn(C(C)C(=O)N(C)Cc2ccn(C)n2)cc1Cl. The van der Waals surface area contributed by atoms with Crippen LogP contribution in [0.15, 0.2) is 18.5 Å². The molecule has 0 aliphatic rings. The summed E-state index contributed by atoms with van der Waals surface area (Å²) in [6.45, 7) is 4.09. The van der Waals surface area contributed by atoms with Gasteiger partial charge in [-0.1, -0.05) is 11.6 Å². The van der Waals surface area contributed by atoms with Crippen LogP contribution in [0.25, 0.3) is 0 Å². The second-order valence-electron chi connectivity index (χ2n) is 4.89. The summed E-state index contributed by atoms with van der Waals surface area (Å²) in [5.41, 5.74) is 1.57. The van der Waals surface area contributed by atoms with E-state index in [1.165, 1.54) is 0 Å². The van der Waals surface area contributed by atoms with E-state index in [1.54, 1.807) is 34.4 Å². The van der Waals surface area contributed by atoms with Gasteiger partial charge in [0.25, 0.3) is 0 Å². The van der Waals surface area contributed by atoms with E-state index >= 15 is 0 Å². The number of aromatic nitrogens is 4. The van der Waals surface area contributed by atoms with Crippen molar-refractivity contribution in [1.29, 1.82) is 0 Å². The van der Waals surface area contributed by atoms with Gasteiger partial charge in [-0.05, 0) is 19.9 Å². The Morgan fingerprint density at radius 3 is 2.70 bits per heavy atom. The molecule has 0 fully saturated rings. The van der Waals surface area contributed by atoms with E-state index in [2.05, 4.69) is 10.2 Å². The van der Waals surface area contributed by atoms with Crippen molar-refractivity contribution < 1.29 is 4.79 Å². The monoisotopic (exact) mass is 295 g/mol. The summed E-state index contributed by atoms with van der Waals surface area (Å²) in [5, 5.41) is 9.07. The lowest BCUT2D eigenvalue weighted by Gasteiger charge is -2.20. The lowest BCUT2D eigenvalue weighted by atomic mass is 10.3. The zero-order valence-corrected chi connectivity index (χ0v) is 12.8. The number of amides is 1. The lowest BCUT2D eigenvalue weighted by molar-refractivity contribution is -0.133. The van der Waals surface area contributed by atoms with Gasteiger partial charge >= 0.3 is 0 Å². The van der Waals surface area contributed by atoms with Crippen molar-refractivity contribution in [3.05, 3.63) is 34.9 Å². The molecule has 108 valence electrons. The second kappa shape index (κ2) is 5.66. The fourth-order valence-corrected chi connectivity index (χ4v) is 2.10. The maximum absolute atomic E-state index is 12.4. The van der Waals surface area contributed by atoms with Crippen LogP contribution in [0.4, 0.5) is 0 Å². The van der Waals surface area contributed by atoms with Crippen LogP contribution in [0.5, 0.6) is 0 Å². The van der Waals surface area contributed by atoms with E-state index < -0.39 is 6.04 Å². The van der Waals surface area contributed by atoms with Gasteiger partial charge in [0, 0.05) is 26.5 Å².